The molecule has 0 bridgehead atoms. The molecule has 7 nitrogen and oxygen atoms in total. The highest BCUT2D eigenvalue weighted by Crippen LogP contribution is 2.13. The second kappa shape index (κ2) is 5.06. The maximum absolute atomic E-state index is 11.6. The zero-order valence-electron chi connectivity index (χ0n) is 8.83. The van der Waals surface area contributed by atoms with E-state index in [1.54, 1.807) is 0 Å². The molecule has 0 fully saturated rings. The van der Waals surface area contributed by atoms with E-state index in [0.29, 0.717) is 18.9 Å². The van der Waals surface area contributed by atoms with Gasteiger partial charge in [-0.05, 0) is 6.07 Å². The number of rotatable bonds is 4. The van der Waals surface area contributed by atoms with E-state index in [1.807, 2.05) is 0 Å². The fourth-order valence-corrected chi connectivity index (χ4v) is 1.26. The van der Waals surface area contributed by atoms with E-state index >= 15 is 0 Å². The number of hydrogen-bond donors (Lipinski definition) is 2. The molecule has 0 aromatic carbocycles. The van der Waals surface area contributed by atoms with Gasteiger partial charge in [0.25, 0.3) is 5.91 Å². The Hall–Kier alpha value is -2.44. The molecule has 0 spiro atoms. The van der Waals surface area contributed by atoms with Gasteiger partial charge in [-0.15, -0.1) is 0 Å². The summed E-state index contributed by atoms with van der Waals surface area (Å²) >= 11 is 0. The van der Waals surface area contributed by atoms with Crippen molar-refractivity contribution in [3.63, 3.8) is 0 Å². The second-order valence-electron chi connectivity index (χ2n) is 3.23. The second-order valence-corrected chi connectivity index (χ2v) is 3.23. The van der Waals surface area contributed by atoms with E-state index in [1.165, 1.54) is 24.8 Å². The molecule has 2 aromatic rings. The summed E-state index contributed by atoms with van der Waals surface area (Å²) in [6.07, 6.45) is 4.39. The molecule has 0 saturated heterocycles. The summed E-state index contributed by atoms with van der Waals surface area (Å²) in [7, 11) is 0. The Kier molecular flexibility index (Phi) is 3.29. The number of aromatic hydroxyl groups is 1. The highest BCUT2D eigenvalue weighted by atomic mass is 16.5. The molecular weight excluding hydrogens is 224 g/mol. The van der Waals surface area contributed by atoms with Crippen molar-refractivity contribution in [3.05, 3.63) is 36.2 Å². The summed E-state index contributed by atoms with van der Waals surface area (Å²) in [5.74, 6) is -0.0727. The van der Waals surface area contributed by atoms with Crippen molar-refractivity contribution >= 4 is 5.91 Å². The van der Waals surface area contributed by atoms with E-state index in [9.17, 15) is 9.90 Å². The van der Waals surface area contributed by atoms with Gasteiger partial charge in [-0.25, -0.2) is 0 Å². The van der Waals surface area contributed by atoms with Crippen LogP contribution in [0.5, 0.6) is 5.75 Å². The lowest BCUT2D eigenvalue weighted by molar-refractivity contribution is 0.0950. The molecular formula is C10H10N4O3. The predicted octanol–water partition coefficient (Wildman–Crippen LogP) is 0.143. The number of carbonyl (C=O) groups is 1. The number of nitrogens with zero attached hydrogens (tertiary/aromatic N) is 3. The molecule has 0 saturated carbocycles. The molecule has 2 aromatic heterocycles. The predicted molar refractivity (Wildman–Crippen MR) is 56.2 cm³/mol. The summed E-state index contributed by atoms with van der Waals surface area (Å²) in [6, 6.07) is 1.44. The molecule has 0 aliphatic carbocycles. The van der Waals surface area contributed by atoms with Gasteiger partial charge in [-0.3, -0.25) is 9.78 Å². The fraction of sp³-hybridized carbons (Fsp3) is 0.200. The van der Waals surface area contributed by atoms with Gasteiger partial charge in [0.1, 0.15) is 5.75 Å². The largest absolute Gasteiger partial charge is 0.505 e. The number of hydrogen-bond acceptors (Lipinski definition) is 6. The monoisotopic (exact) mass is 234 g/mol. The normalized spacial score (nSPS) is 10.1. The van der Waals surface area contributed by atoms with Gasteiger partial charge < -0.3 is 14.9 Å². The molecule has 88 valence electrons. The van der Waals surface area contributed by atoms with Crippen molar-refractivity contribution in [1.29, 1.82) is 0 Å². The summed E-state index contributed by atoms with van der Waals surface area (Å²) in [6.45, 7) is 0.350. The van der Waals surface area contributed by atoms with Crippen molar-refractivity contribution in [2.24, 2.45) is 0 Å². The van der Waals surface area contributed by atoms with Gasteiger partial charge in [0.15, 0.2) is 6.33 Å². The molecule has 2 heterocycles. The molecule has 2 N–H and O–H groups in total. The average Bonchev–Trinajstić information content (AvgIpc) is 2.82. The van der Waals surface area contributed by atoms with Crippen molar-refractivity contribution < 1.29 is 14.4 Å². The Bertz CT molecular complexity index is 498. The Morgan fingerprint density at radius 3 is 3.12 bits per heavy atom. The molecule has 7 heteroatoms. The van der Waals surface area contributed by atoms with Crippen molar-refractivity contribution in [2.75, 3.05) is 6.54 Å². The third kappa shape index (κ3) is 2.77. The number of amides is 1. The number of pyridine rings is 1. The molecule has 0 unspecified atom stereocenters. The number of nitrogens with one attached hydrogen (secondary N) is 1. The highest BCUT2D eigenvalue weighted by Gasteiger charge is 2.10. The standard InChI is InChI=1S/C10H10N4O3/c15-8-5-11-3-1-7(8)10(16)12-4-2-9-13-6-14-17-9/h1,3,5-6,15H,2,4H2,(H,12,16). The van der Waals surface area contributed by atoms with Crippen LogP contribution in [0, 0.1) is 0 Å². The molecule has 0 radical (unpaired) electrons. The van der Waals surface area contributed by atoms with Gasteiger partial charge in [0, 0.05) is 19.2 Å². The minimum atomic E-state index is -0.371. The zero-order chi connectivity index (χ0) is 12.1. The average molecular weight is 234 g/mol. The summed E-state index contributed by atoms with van der Waals surface area (Å²) in [4.78, 5) is 19.1. The van der Waals surface area contributed by atoms with Crippen LogP contribution in [0.4, 0.5) is 0 Å². The van der Waals surface area contributed by atoms with Gasteiger partial charge >= 0.3 is 0 Å². The first-order valence-electron chi connectivity index (χ1n) is 4.94. The Balaban J connectivity index is 1.88. The first-order chi connectivity index (χ1) is 8.27. The Labute approximate surface area is 96.5 Å². The van der Waals surface area contributed by atoms with Crippen LogP contribution in [0.2, 0.25) is 0 Å². The highest BCUT2D eigenvalue weighted by molar-refractivity contribution is 5.96. The van der Waals surface area contributed by atoms with Crippen molar-refractivity contribution in [1.82, 2.24) is 20.4 Å². The summed E-state index contributed by atoms with van der Waals surface area (Å²) in [5, 5.41) is 15.5. The zero-order valence-corrected chi connectivity index (χ0v) is 8.83. The first-order valence-corrected chi connectivity index (χ1v) is 4.94. The molecule has 0 aliphatic rings. The Morgan fingerprint density at radius 1 is 1.53 bits per heavy atom. The molecule has 17 heavy (non-hydrogen) atoms. The van der Waals surface area contributed by atoms with E-state index in [-0.39, 0.29) is 17.2 Å². The van der Waals surface area contributed by atoms with Gasteiger partial charge in [0.2, 0.25) is 5.89 Å². The van der Waals surface area contributed by atoms with Crippen LogP contribution >= 0.6 is 0 Å². The SMILES string of the molecule is O=C(NCCc1ncno1)c1ccncc1O. The number of aromatic nitrogens is 3. The maximum Gasteiger partial charge on any atom is 0.255 e. The smallest absolute Gasteiger partial charge is 0.255 e. The van der Waals surface area contributed by atoms with Gasteiger partial charge in [-0.2, -0.15) is 4.98 Å². The topological polar surface area (TPSA) is 101 Å². The lowest BCUT2D eigenvalue weighted by Crippen LogP contribution is -2.25. The minimum absolute atomic E-state index is 0.150. The Morgan fingerprint density at radius 2 is 2.41 bits per heavy atom. The van der Waals surface area contributed by atoms with Crippen LogP contribution in [-0.2, 0) is 6.42 Å². The van der Waals surface area contributed by atoms with Gasteiger partial charge in [-0.1, -0.05) is 5.16 Å². The molecule has 1 amide bonds. The summed E-state index contributed by atoms with van der Waals surface area (Å²) < 4.78 is 4.77. The minimum Gasteiger partial charge on any atom is -0.505 e. The number of carbonyl (C=O) groups excluding carboxylic acids is 1. The van der Waals surface area contributed by atoms with Crippen LogP contribution < -0.4 is 5.32 Å². The van der Waals surface area contributed by atoms with Crippen molar-refractivity contribution in [2.45, 2.75) is 6.42 Å². The molecule has 0 atom stereocenters. The van der Waals surface area contributed by atoms with Crippen LogP contribution in [0.25, 0.3) is 0 Å². The van der Waals surface area contributed by atoms with Crippen LogP contribution in [0.15, 0.2) is 29.3 Å². The lowest BCUT2D eigenvalue weighted by atomic mass is 10.2. The van der Waals surface area contributed by atoms with Crippen LogP contribution in [0.3, 0.4) is 0 Å². The molecule has 2 rings (SSSR count). The third-order valence-electron chi connectivity index (χ3n) is 2.08. The van der Waals surface area contributed by atoms with Crippen LogP contribution in [-0.4, -0.2) is 32.7 Å². The van der Waals surface area contributed by atoms with E-state index in [4.69, 9.17) is 4.52 Å². The summed E-state index contributed by atoms with van der Waals surface area (Å²) in [5.41, 5.74) is 0.186. The first kappa shape index (κ1) is 11.1. The lowest BCUT2D eigenvalue weighted by Gasteiger charge is -2.04. The van der Waals surface area contributed by atoms with E-state index in [2.05, 4.69) is 20.4 Å². The van der Waals surface area contributed by atoms with E-state index < -0.39 is 0 Å². The van der Waals surface area contributed by atoms with E-state index in [0.717, 1.165) is 0 Å². The fourth-order valence-electron chi connectivity index (χ4n) is 1.26. The molecule has 0 aliphatic heterocycles. The van der Waals surface area contributed by atoms with Crippen molar-refractivity contribution in [3.8, 4) is 5.75 Å². The third-order valence-corrected chi connectivity index (χ3v) is 2.08. The van der Waals surface area contributed by atoms with Crippen LogP contribution in [0.1, 0.15) is 16.2 Å². The maximum atomic E-state index is 11.6. The quantitative estimate of drug-likeness (QED) is 0.780. The van der Waals surface area contributed by atoms with Gasteiger partial charge in [0.05, 0.1) is 11.8 Å².